The Balaban J connectivity index is 1.57. The van der Waals surface area contributed by atoms with Crippen LogP contribution in [0.15, 0.2) is 72.8 Å². The molecule has 4 heteroatoms. The van der Waals surface area contributed by atoms with Crippen LogP contribution in [-0.4, -0.2) is 22.0 Å². The van der Waals surface area contributed by atoms with E-state index in [1.807, 2.05) is 17.0 Å². The Hall–Kier alpha value is -3.40. The number of benzene rings is 3. The molecular formula is C27H27N3O. The van der Waals surface area contributed by atoms with Crippen LogP contribution >= 0.6 is 0 Å². The van der Waals surface area contributed by atoms with Crippen molar-refractivity contribution in [2.45, 2.75) is 39.2 Å². The molecule has 0 spiro atoms. The van der Waals surface area contributed by atoms with Crippen molar-refractivity contribution in [3.63, 3.8) is 0 Å². The number of para-hydroxylation sites is 2. The van der Waals surface area contributed by atoms with E-state index in [9.17, 15) is 4.79 Å². The highest BCUT2D eigenvalue weighted by Crippen LogP contribution is 2.37. The van der Waals surface area contributed by atoms with Crippen LogP contribution in [0.25, 0.3) is 11.0 Å². The van der Waals surface area contributed by atoms with Gasteiger partial charge in [-0.1, -0.05) is 60.2 Å². The van der Waals surface area contributed by atoms with E-state index in [0.717, 1.165) is 28.1 Å². The first-order chi connectivity index (χ1) is 15.0. The number of aromatic nitrogens is 2. The zero-order valence-electron chi connectivity index (χ0n) is 18.2. The van der Waals surface area contributed by atoms with Crippen molar-refractivity contribution in [1.82, 2.24) is 9.55 Å². The van der Waals surface area contributed by atoms with E-state index in [0.29, 0.717) is 13.0 Å². The van der Waals surface area contributed by atoms with Crippen LogP contribution in [0.3, 0.4) is 0 Å². The molecule has 0 N–H and O–H groups in total. The molecule has 0 radical (unpaired) electrons. The van der Waals surface area contributed by atoms with Crippen molar-refractivity contribution in [3.8, 4) is 0 Å². The number of fused-ring (bicyclic) bond motifs is 1. The van der Waals surface area contributed by atoms with Gasteiger partial charge >= 0.3 is 0 Å². The molecule has 1 aliphatic rings. The SMILES string of the molecule is Cc1ccc(N2CC(c3nc4ccccc4n3C(C)c3ccccc3)CC2=O)c(C)c1. The predicted molar refractivity (Wildman–Crippen MR) is 126 cm³/mol. The molecule has 4 nitrogen and oxygen atoms in total. The van der Waals surface area contributed by atoms with Gasteiger partial charge in [0.15, 0.2) is 0 Å². The van der Waals surface area contributed by atoms with Crippen LogP contribution in [0.2, 0.25) is 0 Å². The smallest absolute Gasteiger partial charge is 0.227 e. The fourth-order valence-corrected chi connectivity index (χ4v) is 4.86. The van der Waals surface area contributed by atoms with Gasteiger partial charge in [0.2, 0.25) is 5.91 Å². The van der Waals surface area contributed by atoms with Crippen LogP contribution in [0.4, 0.5) is 5.69 Å². The highest BCUT2D eigenvalue weighted by Gasteiger charge is 2.36. The van der Waals surface area contributed by atoms with Gasteiger partial charge in [-0.25, -0.2) is 4.98 Å². The van der Waals surface area contributed by atoms with Gasteiger partial charge in [0.25, 0.3) is 0 Å². The number of amides is 1. The summed E-state index contributed by atoms with van der Waals surface area (Å²) >= 11 is 0. The summed E-state index contributed by atoms with van der Waals surface area (Å²) in [5.74, 6) is 1.23. The number of aryl methyl sites for hydroxylation is 2. The Kier molecular flexibility index (Phi) is 4.85. The van der Waals surface area contributed by atoms with Gasteiger partial charge in [0.1, 0.15) is 5.82 Å². The number of hydrogen-bond donors (Lipinski definition) is 0. The van der Waals surface area contributed by atoms with E-state index >= 15 is 0 Å². The van der Waals surface area contributed by atoms with Gasteiger partial charge in [-0.3, -0.25) is 4.79 Å². The van der Waals surface area contributed by atoms with E-state index in [-0.39, 0.29) is 17.9 Å². The average molecular weight is 410 g/mol. The number of carbonyl (C=O) groups is 1. The Morgan fingerprint density at radius 3 is 2.48 bits per heavy atom. The fourth-order valence-electron chi connectivity index (χ4n) is 4.86. The lowest BCUT2D eigenvalue weighted by Gasteiger charge is -2.22. The first kappa shape index (κ1) is 19.6. The molecule has 5 rings (SSSR count). The van der Waals surface area contributed by atoms with Gasteiger partial charge in [-0.15, -0.1) is 0 Å². The normalized spacial score (nSPS) is 17.5. The molecule has 4 aromatic rings. The molecule has 1 aromatic heterocycles. The molecule has 1 fully saturated rings. The number of hydrogen-bond acceptors (Lipinski definition) is 2. The van der Waals surface area contributed by atoms with Crippen molar-refractivity contribution in [2.24, 2.45) is 0 Å². The second-order valence-electron chi connectivity index (χ2n) is 8.61. The maximum absolute atomic E-state index is 13.1. The zero-order chi connectivity index (χ0) is 21.5. The Labute approximate surface area is 183 Å². The maximum atomic E-state index is 13.1. The lowest BCUT2D eigenvalue weighted by atomic mass is 10.0. The summed E-state index contributed by atoms with van der Waals surface area (Å²) in [4.78, 5) is 20.0. The van der Waals surface area contributed by atoms with E-state index < -0.39 is 0 Å². The summed E-state index contributed by atoms with van der Waals surface area (Å²) in [6.07, 6.45) is 0.484. The monoisotopic (exact) mass is 409 g/mol. The molecule has 0 aliphatic carbocycles. The molecule has 0 saturated carbocycles. The third-order valence-corrected chi connectivity index (χ3v) is 6.43. The van der Waals surface area contributed by atoms with E-state index in [2.05, 4.69) is 86.0 Å². The maximum Gasteiger partial charge on any atom is 0.227 e. The molecule has 2 heterocycles. The van der Waals surface area contributed by atoms with Crippen LogP contribution in [0.1, 0.15) is 47.8 Å². The molecule has 1 saturated heterocycles. The Bertz CT molecular complexity index is 1260. The molecule has 2 atom stereocenters. The molecule has 1 amide bonds. The topological polar surface area (TPSA) is 38.1 Å². The van der Waals surface area contributed by atoms with Crippen LogP contribution < -0.4 is 4.90 Å². The molecule has 156 valence electrons. The van der Waals surface area contributed by atoms with E-state index in [1.54, 1.807) is 0 Å². The zero-order valence-corrected chi connectivity index (χ0v) is 18.2. The summed E-state index contributed by atoms with van der Waals surface area (Å²) in [7, 11) is 0. The van der Waals surface area contributed by atoms with Crippen molar-refractivity contribution in [3.05, 3.63) is 95.3 Å². The van der Waals surface area contributed by atoms with Crippen molar-refractivity contribution >= 4 is 22.6 Å². The third kappa shape index (κ3) is 3.42. The van der Waals surface area contributed by atoms with E-state index in [4.69, 9.17) is 4.98 Å². The lowest BCUT2D eigenvalue weighted by molar-refractivity contribution is -0.117. The largest absolute Gasteiger partial charge is 0.320 e. The van der Waals surface area contributed by atoms with Gasteiger partial charge in [0, 0.05) is 24.6 Å². The second-order valence-corrected chi connectivity index (χ2v) is 8.61. The Morgan fingerprint density at radius 2 is 1.71 bits per heavy atom. The molecule has 2 unspecified atom stereocenters. The fraction of sp³-hybridized carbons (Fsp3) is 0.259. The predicted octanol–water partition coefficient (Wildman–Crippen LogP) is 5.78. The van der Waals surface area contributed by atoms with Crippen LogP contribution in [-0.2, 0) is 4.79 Å². The number of carbonyl (C=O) groups excluding carboxylic acids is 1. The van der Waals surface area contributed by atoms with Crippen molar-refractivity contribution < 1.29 is 4.79 Å². The first-order valence-corrected chi connectivity index (χ1v) is 10.9. The second kappa shape index (κ2) is 7.69. The molecule has 3 aromatic carbocycles. The van der Waals surface area contributed by atoms with Crippen LogP contribution in [0, 0.1) is 13.8 Å². The highest BCUT2D eigenvalue weighted by atomic mass is 16.2. The quantitative estimate of drug-likeness (QED) is 0.428. The van der Waals surface area contributed by atoms with E-state index in [1.165, 1.54) is 11.1 Å². The van der Waals surface area contributed by atoms with Crippen LogP contribution in [0.5, 0.6) is 0 Å². The van der Waals surface area contributed by atoms with Crippen molar-refractivity contribution in [2.75, 3.05) is 11.4 Å². The highest BCUT2D eigenvalue weighted by molar-refractivity contribution is 5.97. The summed E-state index contributed by atoms with van der Waals surface area (Å²) in [5.41, 5.74) is 6.70. The number of anilines is 1. The standard InChI is InChI=1S/C27H27N3O/c1-18-13-14-24(19(2)15-18)29-17-22(16-26(29)31)27-28-23-11-7-8-12-25(23)30(27)20(3)21-9-5-4-6-10-21/h4-15,20,22H,16-17H2,1-3H3. The Morgan fingerprint density at radius 1 is 0.968 bits per heavy atom. The number of imidazole rings is 1. The third-order valence-electron chi connectivity index (χ3n) is 6.43. The van der Waals surface area contributed by atoms with Gasteiger partial charge in [-0.2, -0.15) is 0 Å². The van der Waals surface area contributed by atoms with Gasteiger partial charge < -0.3 is 9.47 Å². The number of rotatable bonds is 4. The minimum absolute atomic E-state index is 0.0618. The number of nitrogens with zero attached hydrogens (tertiary/aromatic N) is 3. The van der Waals surface area contributed by atoms with Crippen molar-refractivity contribution in [1.29, 1.82) is 0 Å². The molecule has 1 aliphatic heterocycles. The summed E-state index contributed by atoms with van der Waals surface area (Å²) in [6, 6.07) is 25.2. The molecule has 31 heavy (non-hydrogen) atoms. The molecule has 0 bridgehead atoms. The first-order valence-electron chi connectivity index (χ1n) is 10.9. The van der Waals surface area contributed by atoms with Gasteiger partial charge in [0.05, 0.1) is 17.1 Å². The average Bonchev–Trinajstić information content (AvgIpc) is 3.34. The molecular weight excluding hydrogens is 382 g/mol. The summed E-state index contributed by atoms with van der Waals surface area (Å²) in [5, 5.41) is 0. The lowest BCUT2D eigenvalue weighted by Crippen LogP contribution is -2.25. The summed E-state index contributed by atoms with van der Waals surface area (Å²) in [6.45, 7) is 7.04. The summed E-state index contributed by atoms with van der Waals surface area (Å²) < 4.78 is 2.33. The minimum Gasteiger partial charge on any atom is -0.320 e. The minimum atomic E-state index is 0.0618. The van der Waals surface area contributed by atoms with Gasteiger partial charge in [-0.05, 0) is 50.1 Å².